The van der Waals surface area contributed by atoms with Crippen molar-refractivity contribution in [2.45, 2.75) is 6.54 Å². The van der Waals surface area contributed by atoms with E-state index in [9.17, 15) is 22.4 Å². The highest BCUT2D eigenvalue weighted by atomic mass is 19.2. The number of carbonyl (C=O) groups excluding carboxylic acids is 1. The summed E-state index contributed by atoms with van der Waals surface area (Å²) in [6.07, 6.45) is 0. The quantitative estimate of drug-likeness (QED) is 0.463. The predicted octanol–water partition coefficient (Wildman–Crippen LogP) is 3.87. The van der Waals surface area contributed by atoms with Crippen LogP contribution in [0.3, 0.4) is 0 Å². The van der Waals surface area contributed by atoms with Crippen molar-refractivity contribution in [2.24, 2.45) is 5.73 Å². The zero-order chi connectivity index (χ0) is 21.0. The zero-order valence-electron chi connectivity index (χ0n) is 15.0. The van der Waals surface area contributed by atoms with E-state index >= 15 is 0 Å². The van der Waals surface area contributed by atoms with E-state index in [1.54, 1.807) is 17.0 Å². The number of pyridine rings is 1. The summed E-state index contributed by atoms with van der Waals surface area (Å²) >= 11 is 0. The lowest BCUT2D eigenvalue weighted by Crippen LogP contribution is -2.33. The van der Waals surface area contributed by atoms with Crippen molar-refractivity contribution in [2.75, 3.05) is 16.8 Å². The fourth-order valence-electron chi connectivity index (χ4n) is 2.75. The highest BCUT2D eigenvalue weighted by molar-refractivity contribution is 5.80. The number of nitrogens with zero attached hydrogens (tertiary/aromatic N) is 2. The molecule has 2 aromatic carbocycles. The Hall–Kier alpha value is -3.62. The largest absolute Gasteiger partial charge is 0.368 e. The summed E-state index contributed by atoms with van der Waals surface area (Å²) in [5.41, 5.74) is 5.89. The molecule has 29 heavy (non-hydrogen) atoms. The molecular formula is C20H16F4N4O. The van der Waals surface area contributed by atoms with Crippen molar-refractivity contribution < 1.29 is 22.4 Å². The van der Waals surface area contributed by atoms with E-state index in [0.717, 1.165) is 5.56 Å². The Morgan fingerprint density at radius 2 is 1.62 bits per heavy atom. The SMILES string of the molecule is NC(=O)CN(Cc1ccccc1)c1cccc(Nc2c(F)c(F)nc(F)c2F)c1. The number of aromatic nitrogens is 1. The first kappa shape index (κ1) is 20.1. The van der Waals surface area contributed by atoms with Crippen LogP contribution in [0.2, 0.25) is 0 Å². The number of carbonyl (C=O) groups is 1. The van der Waals surface area contributed by atoms with Crippen molar-refractivity contribution >= 4 is 23.0 Å². The van der Waals surface area contributed by atoms with Gasteiger partial charge < -0.3 is 16.0 Å². The molecule has 3 N–H and O–H groups in total. The summed E-state index contributed by atoms with van der Waals surface area (Å²) in [6.45, 7) is 0.230. The Morgan fingerprint density at radius 1 is 0.966 bits per heavy atom. The maximum atomic E-state index is 13.9. The molecule has 1 aromatic heterocycles. The van der Waals surface area contributed by atoms with E-state index < -0.39 is 35.1 Å². The summed E-state index contributed by atoms with van der Waals surface area (Å²) < 4.78 is 54.4. The molecule has 0 radical (unpaired) electrons. The molecule has 3 rings (SSSR count). The molecule has 150 valence electrons. The monoisotopic (exact) mass is 404 g/mol. The van der Waals surface area contributed by atoms with E-state index in [0.29, 0.717) is 12.2 Å². The minimum absolute atomic E-state index is 0.112. The lowest BCUT2D eigenvalue weighted by atomic mass is 10.2. The van der Waals surface area contributed by atoms with Gasteiger partial charge in [0.15, 0.2) is 0 Å². The van der Waals surface area contributed by atoms with Crippen molar-refractivity contribution in [3.63, 3.8) is 0 Å². The molecule has 1 heterocycles. The number of amides is 1. The van der Waals surface area contributed by atoms with Gasteiger partial charge in [-0.1, -0.05) is 36.4 Å². The smallest absolute Gasteiger partial charge is 0.253 e. The Bertz CT molecular complexity index is 1000. The second kappa shape index (κ2) is 8.59. The number of rotatable bonds is 7. The maximum absolute atomic E-state index is 13.9. The van der Waals surface area contributed by atoms with Gasteiger partial charge in [-0.05, 0) is 23.8 Å². The van der Waals surface area contributed by atoms with Crippen LogP contribution in [0.1, 0.15) is 5.56 Å². The molecule has 1 amide bonds. The number of nitrogens with one attached hydrogen (secondary N) is 1. The molecule has 0 unspecified atom stereocenters. The van der Waals surface area contributed by atoms with E-state index in [1.165, 1.54) is 12.1 Å². The van der Waals surface area contributed by atoms with Crippen LogP contribution in [-0.2, 0) is 11.3 Å². The number of hydrogen-bond acceptors (Lipinski definition) is 4. The third-order valence-electron chi connectivity index (χ3n) is 4.04. The molecule has 5 nitrogen and oxygen atoms in total. The Balaban J connectivity index is 1.92. The summed E-state index contributed by atoms with van der Waals surface area (Å²) in [7, 11) is 0. The Labute approximate surface area is 163 Å². The van der Waals surface area contributed by atoms with Crippen LogP contribution in [-0.4, -0.2) is 17.4 Å². The highest BCUT2D eigenvalue weighted by Crippen LogP contribution is 2.28. The fourth-order valence-corrected chi connectivity index (χ4v) is 2.75. The van der Waals surface area contributed by atoms with Crippen LogP contribution in [0, 0.1) is 23.5 Å². The fraction of sp³-hybridized carbons (Fsp3) is 0.100. The highest BCUT2D eigenvalue weighted by Gasteiger charge is 2.21. The summed E-state index contributed by atoms with van der Waals surface area (Å²) in [5.74, 6) is -7.39. The van der Waals surface area contributed by atoms with Gasteiger partial charge in [-0.2, -0.15) is 22.5 Å². The number of anilines is 3. The maximum Gasteiger partial charge on any atom is 0.253 e. The van der Waals surface area contributed by atoms with Crippen LogP contribution >= 0.6 is 0 Å². The number of halogens is 4. The topological polar surface area (TPSA) is 71.2 Å². The van der Waals surface area contributed by atoms with Crippen molar-refractivity contribution in [3.05, 3.63) is 83.7 Å². The molecule has 0 fully saturated rings. The van der Waals surface area contributed by atoms with Gasteiger partial charge in [0.1, 0.15) is 5.69 Å². The van der Waals surface area contributed by atoms with Gasteiger partial charge >= 0.3 is 0 Å². The number of primary amides is 1. The first-order chi connectivity index (χ1) is 13.8. The van der Waals surface area contributed by atoms with E-state index in [2.05, 4.69) is 10.3 Å². The standard InChI is InChI=1S/C20H16F4N4O/c21-16-18(17(22)20(24)27-19(16)23)26-13-7-4-8-14(9-13)28(11-15(25)29)10-12-5-2-1-3-6-12/h1-9H,10-11H2,(H2,25,29)(H,26,27). The second-order valence-corrected chi connectivity index (χ2v) is 6.18. The van der Waals surface area contributed by atoms with Crippen molar-refractivity contribution in [1.29, 1.82) is 0 Å². The number of nitrogens with two attached hydrogens (primary N) is 1. The van der Waals surface area contributed by atoms with Gasteiger partial charge in [0.2, 0.25) is 17.5 Å². The van der Waals surface area contributed by atoms with Crippen molar-refractivity contribution in [1.82, 2.24) is 4.98 Å². The van der Waals surface area contributed by atoms with E-state index in [-0.39, 0.29) is 12.2 Å². The summed E-state index contributed by atoms with van der Waals surface area (Å²) in [5, 5.41) is 2.32. The third kappa shape index (κ3) is 4.81. The lowest BCUT2D eigenvalue weighted by Gasteiger charge is -2.24. The average molecular weight is 404 g/mol. The van der Waals surface area contributed by atoms with Crippen molar-refractivity contribution in [3.8, 4) is 0 Å². The van der Waals surface area contributed by atoms with Crippen LogP contribution in [0.5, 0.6) is 0 Å². The number of hydrogen-bond donors (Lipinski definition) is 2. The molecular weight excluding hydrogens is 388 g/mol. The molecule has 0 spiro atoms. The first-order valence-corrected chi connectivity index (χ1v) is 8.49. The second-order valence-electron chi connectivity index (χ2n) is 6.18. The van der Waals surface area contributed by atoms with Gasteiger partial charge in [-0.3, -0.25) is 4.79 Å². The molecule has 9 heteroatoms. The van der Waals surface area contributed by atoms with Crippen LogP contribution in [0.25, 0.3) is 0 Å². The van der Waals surface area contributed by atoms with Gasteiger partial charge in [0, 0.05) is 17.9 Å². The molecule has 0 bridgehead atoms. The van der Waals surface area contributed by atoms with Gasteiger partial charge in [-0.25, -0.2) is 0 Å². The van der Waals surface area contributed by atoms with Gasteiger partial charge in [0.25, 0.3) is 11.9 Å². The number of benzene rings is 2. The molecule has 0 aliphatic heterocycles. The molecule has 0 atom stereocenters. The van der Waals surface area contributed by atoms with E-state index in [1.807, 2.05) is 30.3 Å². The average Bonchev–Trinajstić information content (AvgIpc) is 2.70. The molecule has 0 aliphatic carbocycles. The Morgan fingerprint density at radius 3 is 2.24 bits per heavy atom. The zero-order valence-corrected chi connectivity index (χ0v) is 15.0. The molecule has 0 saturated heterocycles. The minimum Gasteiger partial charge on any atom is -0.368 e. The van der Waals surface area contributed by atoms with Crippen LogP contribution in [0.15, 0.2) is 54.6 Å². The Kier molecular flexibility index (Phi) is 5.96. The van der Waals surface area contributed by atoms with Crippen LogP contribution < -0.4 is 16.0 Å². The molecule has 0 saturated carbocycles. The summed E-state index contributed by atoms with van der Waals surface area (Å²) in [4.78, 5) is 15.7. The minimum atomic E-state index is -1.76. The van der Waals surface area contributed by atoms with Crippen LogP contribution in [0.4, 0.5) is 34.6 Å². The lowest BCUT2D eigenvalue weighted by molar-refractivity contribution is -0.116. The van der Waals surface area contributed by atoms with Gasteiger partial charge in [-0.15, -0.1) is 0 Å². The molecule has 0 aliphatic rings. The summed E-state index contributed by atoms with van der Waals surface area (Å²) in [6, 6.07) is 15.4. The molecule has 3 aromatic rings. The van der Waals surface area contributed by atoms with E-state index in [4.69, 9.17) is 5.73 Å². The predicted molar refractivity (Wildman–Crippen MR) is 100 cm³/mol. The van der Waals surface area contributed by atoms with Gasteiger partial charge in [0.05, 0.1) is 6.54 Å². The third-order valence-corrected chi connectivity index (χ3v) is 4.04. The first-order valence-electron chi connectivity index (χ1n) is 8.49. The normalized spacial score (nSPS) is 10.6.